The number of nitrogens with zero attached hydrogens (tertiary/aromatic N) is 1. The van der Waals surface area contributed by atoms with Crippen molar-refractivity contribution in [1.29, 1.82) is 0 Å². The van der Waals surface area contributed by atoms with E-state index in [0.717, 1.165) is 11.1 Å². The number of carbonyl (C=O) groups excluding carboxylic acids is 2. The first-order chi connectivity index (χ1) is 13.5. The van der Waals surface area contributed by atoms with E-state index in [1.165, 1.54) is 16.9 Å². The molecule has 0 radical (unpaired) electrons. The van der Waals surface area contributed by atoms with Crippen molar-refractivity contribution < 1.29 is 9.59 Å². The zero-order valence-electron chi connectivity index (χ0n) is 15.8. The van der Waals surface area contributed by atoms with Crippen molar-refractivity contribution in [3.8, 4) is 0 Å². The average Bonchev–Trinajstić information content (AvgIpc) is 3.09. The smallest absolute Gasteiger partial charge is 0.325 e. The summed E-state index contributed by atoms with van der Waals surface area (Å²) in [5.41, 5.74) is 4.68. The average molecular weight is 395 g/mol. The fourth-order valence-electron chi connectivity index (χ4n) is 2.48. The lowest BCUT2D eigenvalue weighted by atomic mass is 10.1. The molecule has 0 aliphatic rings. The van der Waals surface area contributed by atoms with Crippen LogP contribution in [0.2, 0.25) is 0 Å². The molecule has 0 bridgehead atoms. The third kappa shape index (κ3) is 5.92. The molecule has 0 fully saturated rings. The van der Waals surface area contributed by atoms with Crippen LogP contribution in [0.1, 0.15) is 22.4 Å². The minimum atomic E-state index is -0.367. The summed E-state index contributed by atoms with van der Waals surface area (Å²) in [7, 11) is 0. The third-order valence-corrected chi connectivity index (χ3v) is 4.84. The molecule has 3 rings (SSSR count). The largest absolute Gasteiger partial charge is 0.352 e. The summed E-state index contributed by atoms with van der Waals surface area (Å²) < 4.78 is 0. The van der Waals surface area contributed by atoms with Gasteiger partial charge >= 0.3 is 6.03 Å². The Morgan fingerprint density at radius 2 is 1.57 bits per heavy atom. The minimum Gasteiger partial charge on any atom is -0.352 e. The maximum atomic E-state index is 12.1. The zero-order valence-corrected chi connectivity index (χ0v) is 16.6. The maximum absolute atomic E-state index is 12.1. The summed E-state index contributed by atoms with van der Waals surface area (Å²) in [6.45, 7) is 4.49. The number of thiazole rings is 1. The van der Waals surface area contributed by atoms with Crippen LogP contribution in [0.5, 0.6) is 0 Å². The quantitative estimate of drug-likeness (QED) is 0.584. The SMILES string of the molecule is Cc1ccc(CNC(=O)Cc2csc(NC(=O)Nc3ccc(C)cc3)n2)cc1. The molecule has 28 heavy (non-hydrogen) atoms. The number of nitrogens with one attached hydrogen (secondary N) is 3. The molecule has 0 aliphatic carbocycles. The number of anilines is 2. The van der Waals surface area contributed by atoms with Gasteiger partial charge in [0.2, 0.25) is 5.91 Å². The molecule has 0 spiro atoms. The zero-order chi connectivity index (χ0) is 19.9. The van der Waals surface area contributed by atoms with Gasteiger partial charge in [0.05, 0.1) is 12.1 Å². The van der Waals surface area contributed by atoms with Gasteiger partial charge in [0.25, 0.3) is 0 Å². The number of hydrogen-bond donors (Lipinski definition) is 3. The lowest BCUT2D eigenvalue weighted by Gasteiger charge is -2.06. The predicted octanol–water partition coefficient (Wildman–Crippen LogP) is 4.26. The van der Waals surface area contributed by atoms with Crippen LogP contribution in [0.15, 0.2) is 53.9 Å². The molecule has 1 aromatic heterocycles. The molecule has 0 unspecified atom stereocenters. The van der Waals surface area contributed by atoms with E-state index in [-0.39, 0.29) is 18.4 Å². The molecule has 0 atom stereocenters. The molecular weight excluding hydrogens is 372 g/mol. The van der Waals surface area contributed by atoms with Gasteiger partial charge in [0, 0.05) is 17.6 Å². The normalized spacial score (nSPS) is 10.4. The van der Waals surface area contributed by atoms with Crippen molar-refractivity contribution >= 4 is 34.1 Å². The van der Waals surface area contributed by atoms with E-state index in [4.69, 9.17) is 0 Å². The van der Waals surface area contributed by atoms with Crippen molar-refractivity contribution in [3.05, 3.63) is 76.3 Å². The molecule has 6 nitrogen and oxygen atoms in total. The number of urea groups is 1. The van der Waals surface area contributed by atoms with Crippen molar-refractivity contribution in [3.63, 3.8) is 0 Å². The number of aromatic nitrogens is 1. The van der Waals surface area contributed by atoms with Crippen LogP contribution in [-0.4, -0.2) is 16.9 Å². The fourth-order valence-corrected chi connectivity index (χ4v) is 3.18. The summed E-state index contributed by atoms with van der Waals surface area (Å²) in [6, 6.07) is 15.2. The summed E-state index contributed by atoms with van der Waals surface area (Å²) in [4.78, 5) is 28.5. The van der Waals surface area contributed by atoms with Gasteiger partial charge in [-0.15, -0.1) is 11.3 Å². The molecule has 1 heterocycles. The van der Waals surface area contributed by atoms with Crippen LogP contribution in [0, 0.1) is 13.8 Å². The second-order valence-corrected chi connectivity index (χ2v) is 7.39. The van der Waals surface area contributed by atoms with E-state index in [0.29, 0.717) is 23.1 Å². The lowest BCUT2D eigenvalue weighted by Crippen LogP contribution is -2.24. The molecule has 0 saturated carbocycles. The molecule has 7 heteroatoms. The van der Waals surface area contributed by atoms with E-state index in [2.05, 4.69) is 20.9 Å². The van der Waals surface area contributed by atoms with Gasteiger partial charge in [-0.25, -0.2) is 9.78 Å². The first-order valence-electron chi connectivity index (χ1n) is 8.89. The fraction of sp³-hybridized carbons (Fsp3) is 0.190. The summed E-state index contributed by atoms with van der Waals surface area (Å²) in [6.07, 6.45) is 0.170. The highest BCUT2D eigenvalue weighted by molar-refractivity contribution is 7.14. The predicted molar refractivity (Wildman–Crippen MR) is 113 cm³/mol. The van der Waals surface area contributed by atoms with Gasteiger partial charge in [-0.2, -0.15) is 0 Å². The van der Waals surface area contributed by atoms with Gasteiger partial charge in [0.15, 0.2) is 5.13 Å². The molecule has 2 aromatic carbocycles. The van der Waals surface area contributed by atoms with Gasteiger partial charge in [-0.05, 0) is 31.5 Å². The maximum Gasteiger partial charge on any atom is 0.325 e. The molecule has 3 aromatic rings. The van der Waals surface area contributed by atoms with E-state index in [1.807, 2.05) is 62.4 Å². The van der Waals surface area contributed by atoms with Crippen LogP contribution >= 0.6 is 11.3 Å². The summed E-state index contributed by atoms with van der Waals surface area (Å²) in [5.74, 6) is -0.110. The number of hydrogen-bond acceptors (Lipinski definition) is 4. The molecule has 0 saturated heterocycles. The summed E-state index contributed by atoms with van der Waals surface area (Å²) >= 11 is 1.29. The van der Waals surface area contributed by atoms with Crippen LogP contribution in [0.3, 0.4) is 0 Å². The number of carbonyl (C=O) groups is 2. The van der Waals surface area contributed by atoms with Crippen molar-refractivity contribution in [1.82, 2.24) is 10.3 Å². The van der Waals surface area contributed by atoms with Gasteiger partial charge in [-0.1, -0.05) is 47.5 Å². The Morgan fingerprint density at radius 3 is 2.25 bits per heavy atom. The van der Waals surface area contributed by atoms with Crippen molar-refractivity contribution in [2.45, 2.75) is 26.8 Å². The number of aryl methyl sites for hydroxylation is 2. The third-order valence-electron chi connectivity index (χ3n) is 4.03. The van der Waals surface area contributed by atoms with Gasteiger partial charge < -0.3 is 10.6 Å². The number of rotatable bonds is 6. The van der Waals surface area contributed by atoms with Crippen molar-refractivity contribution in [2.24, 2.45) is 0 Å². The van der Waals surface area contributed by atoms with Crippen LogP contribution < -0.4 is 16.0 Å². The van der Waals surface area contributed by atoms with E-state index >= 15 is 0 Å². The minimum absolute atomic E-state index is 0.110. The monoisotopic (exact) mass is 394 g/mol. The second-order valence-electron chi connectivity index (χ2n) is 6.53. The molecular formula is C21H22N4O2S. The van der Waals surface area contributed by atoms with Crippen LogP contribution in [-0.2, 0) is 17.8 Å². The Bertz CT molecular complexity index is 949. The highest BCUT2D eigenvalue weighted by atomic mass is 32.1. The van der Waals surface area contributed by atoms with Crippen LogP contribution in [0.25, 0.3) is 0 Å². The van der Waals surface area contributed by atoms with E-state index in [1.54, 1.807) is 5.38 Å². The molecule has 144 valence electrons. The Labute approximate surface area is 168 Å². The highest BCUT2D eigenvalue weighted by Gasteiger charge is 2.10. The Morgan fingerprint density at radius 1 is 0.929 bits per heavy atom. The van der Waals surface area contributed by atoms with Gasteiger partial charge in [-0.3, -0.25) is 10.1 Å². The molecule has 0 aliphatic heterocycles. The van der Waals surface area contributed by atoms with Crippen LogP contribution in [0.4, 0.5) is 15.6 Å². The summed E-state index contributed by atoms with van der Waals surface area (Å²) in [5, 5.41) is 10.5. The Hall–Kier alpha value is -3.19. The highest BCUT2D eigenvalue weighted by Crippen LogP contribution is 2.17. The van der Waals surface area contributed by atoms with Gasteiger partial charge in [0.1, 0.15) is 0 Å². The van der Waals surface area contributed by atoms with E-state index in [9.17, 15) is 9.59 Å². The standard InChI is InChI=1S/C21H22N4O2S/c1-14-3-7-16(8-4-14)12-22-19(26)11-18-13-28-21(24-18)25-20(27)23-17-9-5-15(2)6-10-17/h3-10,13H,11-12H2,1-2H3,(H,22,26)(H2,23,24,25,27). The van der Waals surface area contributed by atoms with Crippen molar-refractivity contribution in [2.75, 3.05) is 10.6 Å². The topological polar surface area (TPSA) is 83.1 Å². The molecule has 3 amide bonds. The lowest BCUT2D eigenvalue weighted by molar-refractivity contribution is -0.120. The first-order valence-corrected chi connectivity index (χ1v) is 9.77. The Kier molecular flexibility index (Phi) is 6.39. The second kappa shape index (κ2) is 9.14. The molecule has 3 N–H and O–H groups in total. The van der Waals surface area contributed by atoms with E-state index < -0.39 is 0 Å². The number of amides is 3. The first kappa shape index (κ1) is 19.6. The Balaban J connectivity index is 1.46. The number of benzene rings is 2.